The minimum Gasteiger partial charge on any atom is -0.356 e. The highest BCUT2D eigenvalue weighted by Gasteiger charge is 1.99. The smallest absolute Gasteiger partial charge is 0.250 e. The van der Waals surface area contributed by atoms with Crippen LogP contribution < -0.4 is 16.2 Å². The van der Waals surface area contributed by atoms with Crippen LogP contribution in [0.4, 0.5) is 0 Å². The fourth-order valence-corrected chi connectivity index (χ4v) is 1.98. The highest BCUT2D eigenvalue weighted by Crippen LogP contribution is 1.97. The first-order chi connectivity index (χ1) is 9.69. The molecule has 0 saturated carbocycles. The van der Waals surface area contributed by atoms with E-state index in [0.717, 1.165) is 50.6 Å². The minimum atomic E-state index is 0. The third kappa shape index (κ3) is 7.50. The lowest BCUT2D eigenvalue weighted by molar-refractivity contribution is 0.575. The van der Waals surface area contributed by atoms with Crippen LogP contribution in [0.3, 0.4) is 0 Å². The summed E-state index contributed by atoms with van der Waals surface area (Å²) in [5.41, 5.74) is 1.10. The lowest BCUT2D eigenvalue weighted by Crippen LogP contribution is -2.38. The van der Waals surface area contributed by atoms with E-state index in [-0.39, 0.29) is 29.5 Å². The molecule has 0 aliphatic carbocycles. The normalized spacial score (nSPS) is 10.9. The van der Waals surface area contributed by atoms with Gasteiger partial charge in [0.25, 0.3) is 5.56 Å². The molecule has 0 aromatic carbocycles. The van der Waals surface area contributed by atoms with Crippen molar-refractivity contribution in [3.63, 3.8) is 0 Å². The van der Waals surface area contributed by atoms with Gasteiger partial charge >= 0.3 is 0 Å². The maximum atomic E-state index is 11.7. The quantitative estimate of drug-likeness (QED) is 0.316. The molecule has 0 aliphatic heterocycles. The largest absolute Gasteiger partial charge is 0.356 e. The minimum absolute atomic E-state index is 0. The van der Waals surface area contributed by atoms with Crippen molar-refractivity contribution in [1.29, 1.82) is 0 Å². The van der Waals surface area contributed by atoms with Gasteiger partial charge in [-0.3, -0.25) is 9.79 Å². The van der Waals surface area contributed by atoms with Crippen LogP contribution in [0.2, 0.25) is 0 Å². The first kappa shape index (κ1) is 19.9. The van der Waals surface area contributed by atoms with Crippen LogP contribution in [0.15, 0.2) is 28.0 Å². The van der Waals surface area contributed by atoms with Gasteiger partial charge in [0.05, 0.1) is 0 Å². The van der Waals surface area contributed by atoms with Crippen molar-refractivity contribution in [2.24, 2.45) is 4.99 Å². The summed E-state index contributed by atoms with van der Waals surface area (Å²) in [6, 6.07) is 5.39. The molecule has 0 radical (unpaired) electrons. The van der Waals surface area contributed by atoms with Crippen LogP contribution in [-0.2, 0) is 6.54 Å². The molecular formula is C15H27IN4O. The summed E-state index contributed by atoms with van der Waals surface area (Å²) in [4.78, 5) is 15.8. The average molecular weight is 406 g/mol. The second-order valence-electron chi connectivity index (χ2n) is 4.79. The third-order valence-corrected chi connectivity index (χ3v) is 3.14. The van der Waals surface area contributed by atoms with Gasteiger partial charge < -0.3 is 15.2 Å². The Kier molecular flexibility index (Phi) is 11.0. The molecule has 0 saturated heterocycles. The zero-order valence-corrected chi connectivity index (χ0v) is 15.5. The maximum absolute atomic E-state index is 11.7. The van der Waals surface area contributed by atoms with Gasteiger partial charge in [0.1, 0.15) is 0 Å². The Morgan fingerprint density at radius 1 is 1.24 bits per heavy atom. The van der Waals surface area contributed by atoms with E-state index >= 15 is 0 Å². The van der Waals surface area contributed by atoms with Crippen molar-refractivity contribution in [2.75, 3.05) is 20.1 Å². The molecule has 1 heterocycles. The third-order valence-electron chi connectivity index (χ3n) is 3.14. The summed E-state index contributed by atoms with van der Waals surface area (Å²) in [6.45, 7) is 6.66. The number of unbranched alkanes of at least 4 members (excludes halogenated alkanes) is 1. The van der Waals surface area contributed by atoms with Crippen LogP contribution in [-0.4, -0.2) is 30.7 Å². The number of aliphatic imine (C=N–C) groups is 1. The van der Waals surface area contributed by atoms with Gasteiger partial charge in [-0.15, -0.1) is 24.0 Å². The molecule has 0 aliphatic rings. The van der Waals surface area contributed by atoms with E-state index in [9.17, 15) is 4.79 Å². The molecule has 1 aromatic heterocycles. The van der Waals surface area contributed by atoms with Gasteiger partial charge in [-0.1, -0.05) is 13.0 Å². The molecule has 120 valence electrons. The monoisotopic (exact) mass is 406 g/mol. The second-order valence-corrected chi connectivity index (χ2v) is 4.79. The lowest BCUT2D eigenvalue weighted by atomic mass is 10.3. The summed E-state index contributed by atoms with van der Waals surface area (Å²) in [6.07, 6.45) is 3.06. The summed E-state index contributed by atoms with van der Waals surface area (Å²) < 4.78 is 1.82. The Bertz CT molecular complexity index is 485. The van der Waals surface area contributed by atoms with E-state index < -0.39 is 0 Å². The molecule has 0 atom stereocenters. The fourth-order valence-electron chi connectivity index (χ4n) is 1.98. The second kappa shape index (κ2) is 11.6. The molecular weight excluding hydrogens is 379 g/mol. The Balaban J connectivity index is 0.00000400. The fraction of sp³-hybridized carbons (Fsp3) is 0.600. The first-order valence-corrected chi connectivity index (χ1v) is 7.30. The van der Waals surface area contributed by atoms with Crippen LogP contribution >= 0.6 is 24.0 Å². The first-order valence-electron chi connectivity index (χ1n) is 7.30. The van der Waals surface area contributed by atoms with Gasteiger partial charge in [0.2, 0.25) is 0 Å². The van der Waals surface area contributed by atoms with Crippen LogP contribution in [0.1, 0.15) is 31.9 Å². The molecule has 2 N–H and O–H groups in total. The standard InChI is InChI=1S/C15H26N4O.HI/c1-4-10-17-15(16-3)18-11-5-6-12-19-13(2)8-7-9-14(19)20;/h7-9H,4-6,10-12H2,1-3H3,(H2,16,17,18);1H. The number of aryl methyl sites for hydroxylation is 1. The molecule has 0 bridgehead atoms. The van der Waals surface area contributed by atoms with Gasteiger partial charge in [0.15, 0.2) is 5.96 Å². The number of guanidine groups is 1. The van der Waals surface area contributed by atoms with Gasteiger partial charge in [-0.25, -0.2) is 0 Å². The number of nitrogens with one attached hydrogen (secondary N) is 2. The molecule has 0 spiro atoms. The average Bonchev–Trinajstić information content (AvgIpc) is 2.44. The van der Waals surface area contributed by atoms with Crippen molar-refractivity contribution in [1.82, 2.24) is 15.2 Å². The molecule has 0 unspecified atom stereocenters. The molecule has 6 heteroatoms. The van der Waals surface area contributed by atoms with Crippen molar-refractivity contribution in [3.05, 3.63) is 34.2 Å². The van der Waals surface area contributed by atoms with E-state index in [2.05, 4.69) is 22.5 Å². The van der Waals surface area contributed by atoms with Crippen molar-refractivity contribution in [3.8, 4) is 0 Å². The molecule has 0 amide bonds. The van der Waals surface area contributed by atoms with E-state index in [1.165, 1.54) is 0 Å². The number of nitrogens with zero attached hydrogens (tertiary/aromatic N) is 2. The Hall–Kier alpha value is -1.05. The number of hydrogen-bond acceptors (Lipinski definition) is 2. The predicted octanol–water partition coefficient (Wildman–Crippen LogP) is 2.13. The van der Waals surface area contributed by atoms with Crippen LogP contribution in [0.25, 0.3) is 0 Å². The van der Waals surface area contributed by atoms with Gasteiger partial charge in [0, 0.05) is 38.4 Å². The lowest BCUT2D eigenvalue weighted by Gasteiger charge is -2.12. The van der Waals surface area contributed by atoms with Crippen LogP contribution in [0.5, 0.6) is 0 Å². The Morgan fingerprint density at radius 2 is 1.95 bits per heavy atom. The van der Waals surface area contributed by atoms with Gasteiger partial charge in [-0.05, 0) is 32.3 Å². The highest BCUT2D eigenvalue weighted by atomic mass is 127. The zero-order chi connectivity index (χ0) is 14.8. The SMILES string of the molecule is CCCNC(=NC)NCCCCn1c(C)cccc1=O.I. The number of hydrogen-bond donors (Lipinski definition) is 2. The van der Waals surface area contributed by atoms with E-state index in [4.69, 9.17) is 0 Å². The van der Waals surface area contributed by atoms with Crippen molar-refractivity contribution >= 4 is 29.9 Å². The molecule has 1 aromatic rings. The van der Waals surface area contributed by atoms with Crippen LogP contribution in [0, 0.1) is 6.92 Å². The molecule has 5 nitrogen and oxygen atoms in total. The van der Waals surface area contributed by atoms with E-state index in [0.29, 0.717) is 0 Å². The molecule has 0 fully saturated rings. The highest BCUT2D eigenvalue weighted by molar-refractivity contribution is 14.0. The number of halogens is 1. The number of pyridine rings is 1. The van der Waals surface area contributed by atoms with Gasteiger partial charge in [-0.2, -0.15) is 0 Å². The Labute approximate surface area is 144 Å². The number of rotatable bonds is 7. The molecule has 1 rings (SSSR count). The van der Waals surface area contributed by atoms with E-state index in [1.54, 1.807) is 19.2 Å². The van der Waals surface area contributed by atoms with E-state index in [1.807, 2.05) is 17.6 Å². The summed E-state index contributed by atoms with van der Waals surface area (Å²) in [5, 5.41) is 6.50. The molecule has 21 heavy (non-hydrogen) atoms. The maximum Gasteiger partial charge on any atom is 0.250 e. The number of aromatic nitrogens is 1. The predicted molar refractivity (Wildman–Crippen MR) is 99.7 cm³/mol. The van der Waals surface area contributed by atoms with Crippen molar-refractivity contribution < 1.29 is 0 Å². The summed E-state index contributed by atoms with van der Waals surface area (Å²) >= 11 is 0. The summed E-state index contributed by atoms with van der Waals surface area (Å²) in [7, 11) is 1.78. The topological polar surface area (TPSA) is 58.4 Å². The zero-order valence-electron chi connectivity index (χ0n) is 13.2. The van der Waals surface area contributed by atoms with Crippen molar-refractivity contribution in [2.45, 2.75) is 39.7 Å². The summed E-state index contributed by atoms with van der Waals surface area (Å²) in [5.74, 6) is 0.847. The Morgan fingerprint density at radius 3 is 2.57 bits per heavy atom.